The summed E-state index contributed by atoms with van der Waals surface area (Å²) in [6.45, 7) is 4.35. The molecule has 0 atom stereocenters. The van der Waals surface area contributed by atoms with Crippen LogP contribution in [0, 0.1) is 0 Å². The average Bonchev–Trinajstić information content (AvgIpc) is 2.95. The number of hydrogen-bond acceptors (Lipinski definition) is 4. The van der Waals surface area contributed by atoms with E-state index in [0.717, 1.165) is 44.7 Å². The summed E-state index contributed by atoms with van der Waals surface area (Å²) in [6.07, 6.45) is 1.94. The lowest BCUT2D eigenvalue weighted by molar-refractivity contribution is 0.0897. The van der Waals surface area contributed by atoms with Gasteiger partial charge in [0, 0.05) is 24.7 Å². The van der Waals surface area contributed by atoms with Gasteiger partial charge in [0.2, 0.25) is 0 Å². The van der Waals surface area contributed by atoms with Crippen LogP contribution in [0.25, 0.3) is 0 Å². The second-order valence-corrected chi connectivity index (χ2v) is 6.10. The molecule has 2 saturated heterocycles. The van der Waals surface area contributed by atoms with Crippen molar-refractivity contribution in [3.63, 3.8) is 0 Å². The molecule has 0 radical (unpaired) electrons. The molecule has 118 valence electrons. The fraction of sp³-hybridized carbons (Fsp3) is 0.500. The van der Waals surface area contributed by atoms with Crippen molar-refractivity contribution in [1.29, 1.82) is 0 Å². The summed E-state index contributed by atoms with van der Waals surface area (Å²) in [5.74, 6) is 0.0215. The van der Waals surface area contributed by atoms with E-state index in [9.17, 15) is 4.79 Å². The number of piperidine rings is 1. The summed E-state index contributed by atoms with van der Waals surface area (Å²) >= 11 is 5.16. The van der Waals surface area contributed by atoms with Crippen LogP contribution in [-0.2, 0) is 4.74 Å². The highest BCUT2D eigenvalue weighted by atomic mass is 32.1. The Morgan fingerprint density at radius 3 is 2.59 bits per heavy atom. The highest BCUT2D eigenvalue weighted by Gasteiger charge is 2.25. The lowest BCUT2D eigenvalue weighted by Crippen LogP contribution is -2.48. The first kappa shape index (κ1) is 15.2. The first-order valence-electron chi connectivity index (χ1n) is 7.72. The minimum Gasteiger partial charge on any atom is -0.469 e. The summed E-state index contributed by atoms with van der Waals surface area (Å²) in [5.41, 5.74) is 0.726. The molecule has 22 heavy (non-hydrogen) atoms. The standard InChI is InChI=1S/C16H21N3O2S/c20-15(13-4-2-1-3-5-13)17-14-6-8-18(9-7-14)12-19-10-11-21-16(19)22/h1-5,14H,6-12H2,(H,17,20). The van der Waals surface area contributed by atoms with Gasteiger partial charge in [0.25, 0.3) is 11.1 Å². The number of likely N-dealkylation sites (tertiary alicyclic amines) is 1. The average molecular weight is 319 g/mol. The van der Waals surface area contributed by atoms with Crippen LogP contribution in [0.4, 0.5) is 0 Å². The first-order valence-corrected chi connectivity index (χ1v) is 8.13. The molecule has 1 aromatic carbocycles. The summed E-state index contributed by atoms with van der Waals surface area (Å²) < 4.78 is 5.30. The van der Waals surface area contributed by atoms with Gasteiger partial charge in [-0.3, -0.25) is 9.69 Å². The Morgan fingerprint density at radius 1 is 1.23 bits per heavy atom. The second kappa shape index (κ2) is 7.07. The minimum atomic E-state index is 0.0215. The molecule has 2 aliphatic rings. The third-order valence-corrected chi connectivity index (χ3v) is 4.55. The zero-order valence-electron chi connectivity index (χ0n) is 12.5. The fourth-order valence-electron chi connectivity index (χ4n) is 2.87. The van der Waals surface area contributed by atoms with Gasteiger partial charge in [0.1, 0.15) is 6.61 Å². The van der Waals surface area contributed by atoms with Crippen molar-refractivity contribution in [3.8, 4) is 0 Å². The second-order valence-electron chi connectivity index (χ2n) is 5.75. The number of ether oxygens (including phenoxy) is 1. The quantitative estimate of drug-likeness (QED) is 0.851. The number of carbonyl (C=O) groups excluding carboxylic acids is 1. The molecule has 2 aliphatic heterocycles. The van der Waals surface area contributed by atoms with E-state index in [4.69, 9.17) is 17.0 Å². The summed E-state index contributed by atoms with van der Waals surface area (Å²) in [5, 5.41) is 3.74. The Hall–Kier alpha value is -1.66. The van der Waals surface area contributed by atoms with Gasteiger partial charge in [-0.1, -0.05) is 18.2 Å². The monoisotopic (exact) mass is 319 g/mol. The molecule has 1 aromatic rings. The van der Waals surface area contributed by atoms with Gasteiger partial charge in [0.15, 0.2) is 0 Å². The van der Waals surface area contributed by atoms with E-state index < -0.39 is 0 Å². The Morgan fingerprint density at radius 2 is 1.95 bits per heavy atom. The van der Waals surface area contributed by atoms with Crippen molar-refractivity contribution in [3.05, 3.63) is 35.9 Å². The molecule has 2 heterocycles. The van der Waals surface area contributed by atoms with Gasteiger partial charge >= 0.3 is 0 Å². The number of nitrogens with zero attached hydrogens (tertiary/aromatic N) is 2. The molecule has 6 heteroatoms. The van der Waals surface area contributed by atoms with Gasteiger partial charge in [-0.15, -0.1) is 0 Å². The molecule has 1 N–H and O–H groups in total. The predicted octanol–water partition coefficient (Wildman–Crippen LogP) is 1.46. The van der Waals surface area contributed by atoms with Crippen molar-refractivity contribution in [2.75, 3.05) is 32.9 Å². The molecule has 2 fully saturated rings. The predicted molar refractivity (Wildman–Crippen MR) is 88.6 cm³/mol. The molecule has 0 aliphatic carbocycles. The molecule has 0 aromatic heterocycles. The van der Waals surface area contributed by atoms with Crippen LogP contribution in [-0.4, -0.2) is 59.8 Å². The van der Waals surface area contributed by atoms with Crippen LogP contribution in [0.15, 0.2) is 30.3 Å². The number of hydrogen-bond donors (Lipinski definition) is 1. The van der Waals surface area contributed by atoms with E-state index in [1.165, 1.54) is 0 Å². The third-order valence-electron chi connectivity index (χ3n) is 4.17. The maximum atomic E-state index is 12.1. The van der Waals surface area contributed by atoms with Gasteiger partial charge in [-0.25, -0.2) is 0 Å². The van der Waals surface area contributed by atoms with E-state index in [1.54, 1.807) is 0 Å². The number of carbonyl (C=O) groups is 1. The van der Waals surface area contributed by atoms with Crippen molar-refractivity contribution in [1.82, 2.24) is 15.1 Å². The molecule has 0 unspecified atom stereocenters. The van der Waals surface area contributed by atoms with Crippen molar-refractivity contribution < 1.29 is 9.53 Å². The van der Waals surface area contributed by atoms with E-state index >= 15 is 0 Å². The number of amides is 1. The van der Waals surface area contributed by atoms with Gasteiger partial charge < -0.3 is 15.0 Å². The Bertz CT molecular complexity index is 529. The van der Waals surface area contributed by atoms with Crippen LogP contribution in [0.3, 0.4) is 0 Å². The van der Waals surface area contributed by atoms with Crippen LogP contribution < -0.4 is 5.32 Å². The Labute approximate surface area is 136 Å². The van der Waals surface area contributed by atoms with Crippen molar-refractivity contribution in [2.45, 2.75) is 18.9 Å². The first-order chi connectivity index (χ1) is 10.7. The summed E-state index contributed by atoms with van der Waals surface area (Å²) in [4.78, 5) is 16.6. The SMILES string of the molecule is O=C(NC1CCN(CN2CCOC2=S)CC1)c1ccccc1. The third kappa shape index (κ3) is 3.75. The largest absolute Gasteiger partial charge is 0.469 e. The molecular weight excluding hydrogens is 298 g/mol. The summed E-state index contributed by atoms with van der Waals surface area (Å²) in [7, 11) is 0. The topological polar surface area (TPSA) is 44.8 Å². The van der Waals surface area contributed by atoms with E-state index in [2.05, 4.69) is 15.1 Å². The van der Waals surface area contributed by atoms with Gasteiger partial charge in [-0.05, 0) is 37.2 Å². The molecule has 1 amide bonds. The molecule has 0 spiro atoms. The molecule has 5 nitrogen and oxygen atoms in total. The lowest BCUT2D eigenvalue weighted by atomic mass is 10.0. The van der Waals surface area contributed by atoms with E-state index in [1.807, 2.05) is 30.3 Å². The number of benzene rings is 1. The van der Waals surface area contributed by atoms with Crippen molar-refractivity contribution in [2.24, 2.45) is 0 Å². The Balaban J connectivity index is 1.44. The molecule has 0 saturated carbocycles. The summed E-state index contributed by atoms with van der Waals surface area (Å²) in [6, 6.07) is 9.64. The maximum Gasteiger partial charge on any atom is 0.260 e. The van der Waals surface area contributed by atoms with E-state index in [0.29, 0.717) is 11.8 Å². The maximum absolute atomic E-state index is 12.1. The molecule has 3 rings (SSSR count). The highest BCUT2D eigenvalue weighted by Crippen LogP contribution is 2.13. The van der Waals surface area contributed by atoms with Gasteiger partial charge in [0.05, 0.1) is 13.2 Å². The highest BCUT2D eigenvalue weighted by molar-refractivity contribution is 7.80. The van der Waals surface area contributed by atoms with Crippen LogP contribution in [0.1, 0.15) is 23.2 Å². The zero-order valence-corrected chi connectivity index (χ0v) is 13.3. The molecular formula is C16H21N3O2S. The van der Waals surface area contributed by atoms with Crippen LogP contribution in [0.5, 0.6) is 0 Å². The van der Waals surface area contributed by atoms with E-state index in [-0.39, 0.29) is 11.9 Å². The molecule has 0 bridgehead atoms. The number of rotatable bonds is 4. The normalized spacial score (nSPS) is 20.0. The van der Waals surface area contributed by atoms with Gasteiger partial charge in [-0.2, -0.15) is 0 Å². The smallest absolute Gasteiger partial charge is 0.260 e. The lowest BCUT2D eigenvalue weighted by Gasteiger charge is -2.34. The number of nitrogens with one attached hydrogen (secondary N) is 1. The van der Waals surface area contributed by atoms with Crippen LogP contribution >= 0.6 is 12.2 Å². The Kier molecular flexibility index (Phi) is 4.90. The number of thiocarbonyl (C=S) groups is 1. The van der Waals surface area contributed by atoms with Crippen molar-refractivity contribution >= 4 is 23.3 Å². The minimum absolute atomic E-state index is 0.0215. The fourth-order valence-corrected chi connectivity index (χ4v) is 3.10. The zero-order chi connectivity index (χ0) is 15.4. The van der Waals surface area contributed by atoms with Crippen LogP contribution in [0.2, 0.25) is 0 Å².